The van der Waals surface area contributed by atoms with Crippen LogP contribution in [0.5, 0.6) is 0 Å². The Balaban J connectivity index is 2.74. The highest BCUT2D eigenvalue weighted by Crippen LogP contribution is 2.34. The van der Waals surface area contributed by atoms with Crippen LogP contribution in [0.1, 0.15) is 5.82 Å². The van der Waals surface area contributed by atoms with Crippen LogP contribution in [0.3, 0.4) is 0 Å². The lowest BCUT2D eigenvalue weighted by Gasteiger charge is -2.09. The summed E-state index contributed by atoms with van der Waals surface area (Å²) < 4.78 is 27.6. The van der Waals surface area contributed by atoms with E-state index in [4.69, 9.17) is 5.26 Å². The second-order valence-corrected chi connectivity index (χ2v) is 4.81. The van der Waals surface area contributed by atoms with E-state index in [2.05, 4.69) is 4.98 Å². The molecule has 0 aliphatic carbocycles. The van der Waals surface area contributed by atoms with Crippen LogP contribution < -0.4 is 0 Å². The summed E-state index contributed by atoms with van der Waals surface area (Å²) in [5.41, 5.74) is 0.662. The maximum absolute atomic E-state index is 13.0. The highest BCUT2D eigenvalue weighted by molar-refractivity contribution is 9.10. The molecule has 7 heteroatoms. The Bertz CT molecular complexity index is 710. The summed E-state index contributed by atoms with van der Waals surface area (Å²) in [6, 6.07) is 8.50. The molecule has 0 saturated heterocycles. The highest BCUT2D eigenvalue weighted by atomic mass is 79.9. The average Bonchev–Trinajstić information content (AvgIpc) is 2.68. The molecule has 2 aromatic rings. The Hall–Kier alpha value is -1.94. The molecular weight excluding hydrogens is 320 g/mol. The number of nitrogens with zero attached hydrogens (tertiary/aromatic N) is 3. The number of hydrogen-bond acceptors (Lipinski definition) is 3. The third-order valence-electron chi connectivity index (χ3n) is 2.63. The van der Waals surface area contributed by atoms with Gasteiger partial charge in [0.2, 0.25) is 0 Å². The third-order valence-corrected chi connectivity index (χ3v) is 3.00. The Labute approximate surface area is 115 Å². The maximum atomic E-state index is 13.0. The number of benzene rings is 1. The number of fused-ring (bicyclic) bond motifs is 1. The van der Waals surface area contributed by atoms with Crippen molar-refractivity contribution >= 4 is 32.5 Å². The van der Waals surface area contributed by atoms with Crippen molar-refractivity contribution < 1.29 is 13.9 Å². The van der Waals surface area contributed by atoms with Gasteiger partial charge in [-0.1, -0.05) is 12.1 Å². The number of para-hydroxylation sites is 2. The van der Waals surface area contributed by atoms with Crippen LogP contribution in [-0.2, 0) is 7.05 Å². The van der Waals surface area contributed by atoms with E-state index in [1.807, 2.05) is 15.9 Å². The largest absolute Gasteiger partial charge is 0.505 e. The second kappa shape index (κ2) is 4.63. The van der Waals surface area contributed by atoms with Gasteiger partial charge in [0, 0.05) is 7.05 Å². The smallest absolute Gasteiger partial charge is 0.358 e. The quantitative estimate of drug-likeness (QED) is 0.522. The van der Waals surface area contributed by atoms with E-state index in [1.165, 1.54) is 4.57 Å². The fourth-order valence-electron chi connectivity index (χ4n) is 1.72. The number of nitriles is 1. The minimum atomic E-state index is -3.67. The lowest BCUT2D eigenvalue weighted by molar-refractivity contribution is 0.102. The van der Waals surface area contributed by atoms with Crippen molar-refractivity contribution in [1.29, 1.82) is 5.26 Å². The lowest BCUT2D eigenvalue weighted by atomic mass is 10.2. The molecule has 0 aliphatic heterocycles. The summed E-state index contributed by atoms with van der Waals surface area (Å²) in [6.45, 7) is 0. The van der Waals surface area contributed by atoms with Crippen molar-refractivity contribution in [2.75, 3.05) is 0 Å². The van der Waals surface area contributed by atoms with E-state index in [9.17, 15) is 13.9 Å². The average molecular weight is 328 g/mol. The van der Waals surface area contributed by atoms with Gasteiger partial charge in [0.05, 0.1) is 11.0 Å². The normalized spacial score (nSPS) is 13.2. The van der Waals surface area contributed by atoms with Gasteiger partial charge in [-0.15, -0.1) is 0 Å². The lowest BCUT2D eigenvalue weighted by Crippen LogP contribution is -2.12. The topological polar surface area (TPSA) is 61.8 Å². The predicted molar refractivity (Wildman–Crippen MR) is 69.7 cm³/mol. The van der Waals surface area contributed by atoms with Crippen LogP contribution in [0, 0.1) is 11.3 Å². The Morgan fingerprint density at radius 2 is 2.11 bits per heavy atom. The minimum absolute atomic E-state index is 0.0136. The van der Waals surface area contributed by atoms with Crippen LogP contribution >= 0.6 is 15.9 Å². The summed E-state index contributed by atoms with van der Waals surface area (Å²) in [5.74, 6) is -1.37. The molecule has 98 valence electrons. The van der Waals surface area contributed by atoms with Gasteiger partial charge in [0.1, 0.15) is 11.6 Å². The van der Waals surface area contributed by atoms with Gasteiger partial charge < -0.3 is 9.67 Å². The molecule has 0 radical (unpaired) electrons. The van der Waals surface area contributed by atoms with E-state index in [0.29, 0.717) is 11.0 Å². The van der Waals surface area contributed by atoms with Gasteiger partial charge >= 0.3 is 4.83 Å². The van der Waals surface area contributed by atoms with Gasteiger partial charge in [-0.05, 0) is 28.1 Å². The number of aryl methyl sites for hydroxylation is 1. The molecule has 0 amide bonds. The van der Waals surface area contributed by atoms with Crippen LogP contribution in [0.4, 0.5) is 8.78 Å². The first kappa shape index (κ1) is 13.5. The molecule has 0 spiro atoms. The third kappa shape index (κ3) is 2.31. The molecule has 0 bridgehead atoms. The molecule has 1 heterocycles. The van der Waals surface area contributed by atoms with Crippen LogP contribution in [0.2, 0.25) is 0 Å². The zero-order valence-electron chi connectivity index (χ0n) is 9.73. The van der Waals surface area contributed by atoms with Gasteiger partial charge in [-0.2, -0.15) is 14.0 Å². The minimum Gasteiger partial charge on any atom is -0.505 e. The molecule has 0 unspecified atom stereocenters. The number of allylic oxidation sites excluding steroid dienone is 2. The Kier molecular flexibility index (Phi) is 3.28. The van der Waals surface area contributed by atoms with Crippen molar-refractivity contribution in [1.82, 2.24) is 9.55 Å². The van der Waals surface area contributed by atoms with Crippen LogP contribution in [0.25, 0.3) is 16.6 Å². The van der Waals surface area contributed by atoms with E-state index in [1.54, 1.807) is 37.4 Å². The fraction of sp³-hybridized carbons (Fsp3) is 0.167. The summed E-state index contributed by atoms with van der Waals surface area (Å²) >= 11 is 2.02. The first-order chi connectivity index (χ1) is 8.86. The SMILES string of the molecule is Cn1c(C(C#N)=C(O)C(F)(F)Br)nc2ccccc21. The molecular formula is C12H8BrF2N3O. The van der Waals surface area contributed by atoms with Crippen molar-refractivity contribution in [2.45, 2.75) is 4.83 Å². The first-order valence-electron chi connectivity index (χ1n) is 5.18. The number of alkyl halides is 3. The van der Waals surface area contributed by atoms with Gasteiger partial charge in [0.25, 0.3) is 0 Å². The number of rotatable bonds is 2. The van der Waals surface area contributed by atoms with Crippen molar-refractivity contribution in [2.24, 2.45) is 7.05 Å². The first-order valence-corrected chi connectivity index (χ1v) is 5.98. The van der Waals surface area contributed by atoms with Crippen LogP contribution in [-0.4, -0.2) is 19.5 Å². The van der Waals surface area contributed by atoms with E-state index in [0.717, 1.165) is 0 Å². The molecule has 1 N–H and O–H groups in total. The maximum Gasteiger partial charge on any atom is 0.358 e. The fourth-order valence-corrected chi connectivity index (χ4v) is 1.92. The van der Waals surface area contributed by atoms with E-state index >= 15 is 0 Å². The number of aromatic nitrogens is 2. The van der Waals surface area contributed by atoms with Crippen molar-refractivity contribution in [3.63, 3.8) is 0 Å². The zero-order valence-corrected chi connectivity index (χ0v) is 11.3. The molecule has 0 atom stereocenters. The van der Waals surface area contributed by atoms with E-state index < -0.39 is 16.2 Å². The molecule has 2 rings (SSSR count). The summed E-state index contributed by atoms with van der Waals surface area (Å²) in [6.07, 6.45) is 0. The number of aliphatic hydroxyl groups is 1. The van der Waals surface area contributed by atoms with Gasteiger partial charge in [0.15, 0.2) is 11.6 Å². The number of hydrogen-bond donors (Lipinski definition) is 1. The zero-order chi connectivity index (χ0) is 14.2. The second-order valence-electron chi connectivity index (χ2n) is 3.82. The Morgan fingerprint density at radius 1 is 1.47 bits per heavy atom. The number of halogens is 3. The monoisotopic (exact) mass is 327 g/mol. The van der Waals surface area contributed by atoms with Gasteiger partial charge in [-0.3, -0.25) is 0 Å². The Morgan fingerprint density at radius 3 is 2.63 bits per heavy atom. The van der Waals surface area contributed by atoms with Crippen molar-refractivity contribution in [3.05, 3.63) is 35.8 Å². The molecule has 19 heavy (non-hydrogen) atoms. The standard InChI is InChI=1S/C12H8BrF2N3O/c1-18-9-5-3-2-4-8(9)17-11(18)7(6-16)10(19)12(13,14)15/h2-5,19H,1H3. The summed E-state index contributed by atoms with van der Waals surface area (Å²) in [5, 5.41) is 18.4. The molecule has 0 saturated carbocycles. The van der Waals surface area contributed by atoms with Gasteiger partial charge in [-0.25, -0.2) is 4.98 Å². The highest BCUT2D eigenvalue weighted by Gasteiger charge is 2.35. The molecule has 1 aromatic carbocycles. The summed E-state index contributed by atoms with van der Waals surface area (Å²) in [4.78, 5) is 0.416. The molecule has 1 aromatic heterocycles. The van der Waals surface area contributed by atoms with Crippen LogP contribution in [0.15, 0.2) is 30.0 Å². The summed E-state index contributed by atoms with van der Waals surface area (Å²) in [7, 11) is 1.58. The molecule has 0 aliphatic rings. The predicted octanol–water partition coefficient (Wildman–Crippen LogP) is 3.35. The van der Waals surface area contributed by atoms with Crippen molar-refractivity contribution in [3.8, 4) is 6.07 Å². The number of aliphatic hydroxyl groups excluding tert-OH is 1. The van der Waals surface area contributed by atoms with E-state index in [-0.39, 0.29) is 5.82 Å². The number of imidazole rings is 1. The molecule has 4 nitrogen and oxygen atoms in total. The molecule has 0 fully saturated rings.